The lowest BCUT2D eigenvalue weighted by Crippen LogP contribution is -2.22. The third-order valence-corrected chi connectivity index (χ3v) is 4.62. The molecule has 3 N–H and O–H groups in total. The average Bonchev–Trinajstić information content (AvgIpc) is 2.83. The van der Waals surface area contributed by atoms with Crippen LogP contribution >= 0.6 is 0 Å². The highest BCUT2D eigenvalue weighted by Crippen LogP contribution is 2.21. The van der Waals surface area contributed by atoms with Crippen molar-refractivity contribution in [3.63, 3.8) is 0 Å². The number of hydrogen-bond donors (Lipinski definition) is 3. The van der Waals surface area contributed by atoms with E-state index in [9.17, 15) is 4.79 Å². The van der Waals surface area contributed by atoms with E-state index in [2.05, 4.69) is 38.1 Å². The van der Waals surface area contributed by atoms with E-state index >= 15 is 0 Å². The van der Waals surface area contributed by atoms with Gasteiger partial charge in [0.25, 0.3) is 0 Å². The molecular weight excluding hydrogens is 386 g/mol. The molecule has 0 unspecified atom stereocenters. The Morgan fingerprint density at radius 3 is 2.35 bits per heavy atom. The molecule has 0 aliphatic carbocycles. The van der Waals surface area contributed by atoms with E-state index in [1.165, 1.54) is 5.56 Å². The molecule has 31 heavy (non-hydrogen) atoms. The number of carbonyl (C=O) groups is 1. The Balaban J connectivity index is 1.39. The van der Waals surface area contributed by atoms with Crippen LogP contribution in [0.4, 0.5) is 17.2 Å². The SMILES string of the molecule is O=C(CNc1ccccc1)Nc1cccc(-c2cncc(NCc3ccccc3)c2)n1. The van der Waals surface area contributed by atoms with Gasteiger partial charge < -0.3 is 16.0 Å². The van der Waals surface area contributed by atoms with Crippen LogP contribution in [0, 0.1) is 0 Å². The molecule has 2 aromatic heterocycles. The van der Waals surface area contributed by atoms with E-state index < -0.39 is 0 Å². The van der Waals surface area contributed by atoms with Crippen molar-refractivity contribution in [1.82, 2.24) is 9.97 Å². The minimum Gasteiger partial charge on any atom is -0.380 e. The molecular formula is C25H23N5O. The molecule has 0 fully saturated rings. The first-order valence-corrected chi connectivity index (χ1v) is 10.1. The first-order chi connectivity index (χ1) is 15.3. The lowest BCUT2D eigenvalue weighted by atomic mass is 10.1. The minimum absolute atomic E-state index is 0.162. The molecule has 0 saturated carbocycles. The number of anilines is 3. The van der Waals surface area contributed by atoms with Crippen LogP contribution in [-0.4, -0.2) is 22.4 Å². The second-order valence-corrected chi connectivity index (χ2v) is 6.98. The van der Waals surface area contributed by atoms with Crippen LogP contribution in [0.3, 0.4) is 0 Å². The van der Waals surface area contributed by atoms with E-state index in [-0.39, 0.29) is 12.5 Å². The number of aromatic nitrogens is 2. The highest BCUT2D eigenvalue weighted by molar-refractivity contribution is 5.93. The predicted molar refractivity (Wildman–Crippen MR) is 125 cm³/mol. The summed E-state index contributed by atoms with van der Waals surface area (Å²) in [6.45, 7) is 0.875. The maximum Gasteiger partial charge on any atom is 0.244 e. The zero-order chi connectivity index (χ0) is 21.3. The van der Waals surface area contributed by atoms with E-state index in [4.69, 9.17) is 0 Å². The van der Waals surface area contributed by atoms with E-state index in [0.29, 0.717) is 12.4 Å². The van der Waals surface area contributed by atoms with Crippen LogP contribution in [0.1, 0.15) is 5.56 Å². The number of benzene rings is 2. The summed E-state index contributed by atoms with van der Waals surface area (Å²) >= 11 is 0. The summed E-state index contributed by atoms with van der Waals surface area (Å²) < 4.78 is 0. The first kappa shape index (κ1) is 20.1. The number of carbonyl (C=O) groups excluding carboxylic acids is 1. The maximum absolute atomic E-state index is 12.3. The molecule has 0 saturated heterocycles. The van der Waals surface area contributed by atoms with Crippen molar-refractivity contribution in [1.29, 1.82) is 0 Å². The summed E-state index contributed by atoms with van der Waals surface area (Å²) in [5, 5.41) is 9.30. The summed E-state index contributed by atoms with van der Waals surface area (Å²) in [4.78, 5) is 21.2. The predicted octanol–water partition coefficient (Wildman–Crippen LogP) is 4.81. The Kier molecular flexibility index (Phi) is 6.50. The summed E-state index contributed by atoms with van der Waals surface area (Å²) in [5.41, 5.74) is 4.61. The van der Waals surface area contributed by atoms with Gasteiger partial charge in [-0.05, 0) is 35.9 Å². The van der Waals surface area contributed by atoms with Gasteiger partial charge in [-0.15, -0.1) is 0 Å². The largest absolute Gasteiger partial charge is 0.380 e. The van der Waals surface area contributed by atoms with Crippen LogP contribution in [0.5, 0.6) is 0 Å². The van der Waals surface area contributed by atoms with Gasteiger partial charge in [0.2, 0.25) is 5.91 Å². The minimum atomic E-state index is -0.162. The van der Waals surface area contributed by atoms with Crippen molar-refractivity contribution in [2.75, 3.05) is 22.5 Å². The summed E-state index contributed by atoms with van der Waals surface area (Å²) in [7, 11) is 0. The maximum atomic E-state index is 12.3. The standard InChI is InChI=1S/C25H23N5O/c31-25(18-28-21-10-5-2-6-11-21)30-24-13-7-12-23(29-24)20-14-22(17-26-16-20)27-15-19-8-3-1-4-9-19/h1-14,16-17,27-28H,15,18H2,(H,29,30,31). The van der Waals surface area contributed by atoms with Gasteiger partial charge in [-0.3, -0.25) is 9.78 Å². The monoisotopic (exact) mass is 409 g/mol. The molecule has 4 aromatic rings. The Labute approximate surface area is 181 Å². The summed E-state index contributed by atoms with van der Waals surface area (Å²) in [5.74, 6) is 0.338. The molecule has 2 heterocycles. The van der Waals surface area contributed by atoms with Crippen molar-refractivity contribution in [3.05, 3.63) is 103 Å². The molecule has 0 bridgehead atoms. The van der Waals surface area contributed by atoms with Gasteiger partial charge in [-0.1, -0.05) is 54.6 Å². The van der Waals surface area contributed by atoms with E-state index in [1.807, 2.05) is 66.7 Å². The lowest BCUT2D eigenvalue weighted by molar-refractivity contribution is -0.114. The number of pyridine rings is 2. The fraction of sp³-hybridized carbons (Fsp3) is 0.0800. The Hall–Kier alpha value is -4.19. The van der Waals surface area contributed by atoms with Gasteiger partial charge >= 0.3 is 0 Å². The molecule has 2 aromatic carbocycles. The number of para-hydroxylation sites is 1. The van der Waals surface area contributed by atoms with E-state index in [1.54, 1.807) is 18.5 Å². The topological polar surface area (TPSA) is 78.9 Å². The van der Waals surface area contributed by atoms with Crippen molar-refractivity contribution >= 4 is 23.1 Å². The fourth-order valence-corrected chi connectivity index (χ4v) is 3.07. The number of nitrogens with zero attached hydrogens (tertiary/aromatic N) is 2. The van der Waals surface area contributed by atoms with Gasteiger partial charge in [-0.2, -0.15) is 0 Å². The third-order valence-electron chi connectivity index (χ3n) is 4.62. The molecule has 6 nitrogen and oxygen atoms in total. The van der Waals surface area contributed by atoms with Gasteiger partial charge in [-0.25, -0.2) is 4.98 Å². The summed E-state index contributed by atoms with van der Waals surface area (Å²) in [6, 6.07) is 27.3. The molecule has 0 aliphatic heterocycles. The second kappa shape index (κ2) is 10.0. The normalized spacial score (nSPS) is 10.3. The fourth-order valence-electron chi connectivity index (χ4n) is 3.07. The molecule has 4 rings (SSSR count). The number of amides is 1. The molecule has 0 aliphatic rings. The smallest absolute Gasteiger partial charge is 0.244 e. The van der Waals surface area contributed by atoms with Crippen molar-refractivity contribution < 1.29 is 4.79 Å². The Morgan fingerprint density at radius 1 is 0.774 bits per heavy atom. The van der Waals surface area contributed by atoms with Crippen LogP contribution in [0.2, 0.25) is 0 Å². The molecule has 0 radical (unpaired) electrons. The molecule has 6 heteroatoms. The highest BCUT2D eigenvalue weighted by Gasteiger charge is 2.07. The Morgan fingerprint density at radius 2 is 1.55 bits per heavy atom. The van der Waals surface area contributed by atoms with Crippen LogP contribution < -0.4 is 16.0 Å². The highest BCUT2D eigenvalue weighted by atomic mass is 16.1. The van der Waals surface area contributed by atoms with Gasteiger partial charge in [0.1, 0.15) is 5.82 Å². The van der Waals surface area contributed by atoms with Crippen molar-refractivity contribution in [3.8, 4) is 11.3 Å². The zero-order valence-electron chi connectivity index (χ0n) is 17.0. The van der Waals surface area contributed by atoms with Gasteiger partial charge in [0.05, 0.1) is 17.9 Å². The number of rotatable bonds is 8. The van der Waals surface area contributed by atoms with Gasteiger partial charge in [0, 0.05) is 30.2 Å². The van der Waals surface area contributed by atoms with Crippen LogP contribution in [-0.2, 0) is 11.3 Å². The third kappa shape index (κ3) is 5.90. The van der Waals surface area contributed by atoms with Gasteiger partial charge in [0.15, 0.2) is 0 Å². The number of nitrogens with one attached hydrogen (secondary N) is 3. The zero-order valence-corrected chi connectivity index (χ0v) is 17.0. The summed E-state index contributed by atoms with van der Waals surface area (Å²) in [6.07, 6.45) is 3.55. The van der Waals surface area contributed by atoms with E-state index in [0.717, 1.165) is 22.6 Å². The average molecular weight is 409 g/mol. The molecule has 154 valence electrons. The lowest BCUT2D eigenvalue weighted by Gasteiger charge is -2.10. The van der Waals surface area contributed by atoms with Crippen LogP contribution in [0.15, 0.2) is 97.3 Å². The second-order valence-electron chi connectivity index (χ2n) is 6.98. The number of hydrogen-bond acceptors (Lipinski definition) is 5. The molecule has 0 spiro atoms. The van der Waals surface area contributed by atoms with Crippen LogP contribution in [0.25, 0.3) is 11.3 Å². The Bertz CT molecular complexity index is 1130. The van der Waals surface area contributed by atoms with Crippen molar-refractivity contribution in [2.24, 2.45) is 0 Å². The molecule has 1 amide bonds. The first-order valence-electron chi connectivity index (χ1n) is 10.1. The molecule has 0 atom stereocenters. The quantitative estimate of drug-likeness (QED) is 0.389. The van der Waals surface area contributed by atoms with Crippen molar-refractivity contribution in [2.45, 2.75) is 6.54 Å².